The molecule has 0 aliphatic carbocycles. The van der Waals surface area contributed by atoms with Crippen molar-refractivity contribution in [2.75, 3.05) is 11.9 Å². The monoisotopic (exact) mass is 458 g/mol. The molecule has 0 amide bonds. The molecule has 0 radical (unpaired) electrons. The predicted molar refractivity (Wildman–Crippen MR) is 108 cm³/mol. The first-order valence-corrected chi connectivity index (χ1v) is 9.33. The third-order valence-corrected chi connectivity index (χ3v) is 4.78. The van der Waals surface area contributed by atoms with E-state index in [1.165, 1.54) is 12.4 Å². The van der Waals surface area contributed by atoms with Gasteiger partial charge in [-0.25, -0.2) is 4.98 Å². The summed E-state index contributed by atoms with van der Waals surface area (Å²) in [7, 11) is 0. The number of aryl methyl sites for hydroxylation is 1. The number of halogens is 5. The van der Waals surface area contributed by atoms with Gasteiger partial charge in [-0.2, -0.15) is 23.0 Å². The number of hydrogen-bond donors (Lipinski definition) is 1. The highest BCUT2D eigenvalue weighted by molar-refractivity contribution is 6.33. The lowest BCUT2D eigenvalue weighted by molar-refractivity contribution is -0.154. The number of aromatic nitrogens is 3. The molecule has 30 heavy (non-hydrogen) atoms. The second kappa shape index (κ2) is 8.93. The Bertz CT molecular complexity index is 1120. The highest BCUT2D eigenvalue weighted by Gasteiger charge is 2.29. The number of hydrogen-bond acceptors (Lipinski definition) is 5. The summed E-state index contributed by atoms with van der Waals surface area (Å²) in [5, 5.41) is 7.30. The van der Waals surface area contributed by atoms with E-state index in [9.17, 15) is 18.0 Å². The first kappa shape index (κ1) is 21.9. The van der Waals surface area contributed by atoms with E-state index < -0.39 is 18.3 Å². The molecule has 0 fully saturated rings. The molecule has 0 spiro atoms. The van der Waals surface area contributed by atoms with Gasteiger partial charge in [-0.15, -0.1) is 0 Å². The average Bonchev–Trinajstić information content (AvgIpc) is 2.70. The van der Waals surface area contributed by atoms with Crippen molar-refractivity contribution in [3.63, 3.8) is 0 Å². The number of alkyl halides is 3. The maximum atomic E-state index is 12.6. The minimum atomic E-state index is -4.49. The molecule has 1 N–H and O–H groups in total. The number of ether oxygens (including phenoxy) is 1. The van der Waals surface area contributed by atoms with Gasteiger partial charge in [0.15, 0.2) is 6.61 Å². The van der Waals surface area contributed by atoms with E-state index in [0.717, 1.165) is 10.2 Å². The molecule has 6 nitrogen and oxygen atoms in total. The van der Waals surface area contributed by atoms with Gasteiger partial charge in [-0.05, 0) is 30.7 Å². The van der Waals surface area contributed by atoms with Gasteiger partial charge >= 0.3 is 6.18 Å². The van der Waals surface area contributed by atoms with Gasteiger partial charge in [-0.1, -0.05) is 35.3 Å². The third kappa shape index (κ3) is 5.22. The molecule has 3 aromatic rings. The first-order valence-electron chi connectivity index (χ1n) is 8.57. The van der Waals surface area contributed by atoms with E-state index in [4.69, 9.17) is 27.9 Å². The van der Waals surface area contributed by atoms with Crippen molar-refractivity contribution in [3.05, 3.63) is 74.3 Å². The second-order valence-electron chi connectivity index (χ2n) is 6.25. The van der Waals surface area contributed by atoms with E-state index >= 15 is 0 Å². The number of benzene rings is 1. The van der Waals surface area contributed by atoms with Crippen molar-refractivity contribution in [2.45, 2.75) is 19.6 Å². The van der Waals surface area contributed by atoms with Crippen molar-refractivity contribution in [3.8, 4) is 11.6 Å². The Kier molecular flexibility index (Phi) is 6.52. The van der Waals surface area contributed by atoms with Crippen LogP contribution < -0.4 is 15.6 Å². The van der Waals surface area contributed by atoms with Gasteiger partial charge in [0.1, 0.15) is 5.02 Å². The fraction of sp³-hybridized carbons (Fsp3) is 0.211. The highest BCUT2D eigenvalue weighted by Crippen LogP contribution is 2.23. The smallest absolute Gasteiger partial charge is 0.422 e. The number of nitrogens with zero attached hydrogens (tertiary/aromatic N) is 3. The van der Waals surface area contributed by atoms with E-state index in [-0.39, 0.29) is 23.1 Å². The molecular formula is C19H15Cl2F3N4O2. The summed E-state index contributed by atoms with van der Waals surface area (Å²) in [6.45, 7) is 0.379. The first-order chi connectivity index (χ1) is 14.2. The molecule has 0 aliphatic rings. The molecule has 0 aliphatic heterocycles. The summed E-state index contributed by atoms with van der Waals surface area (Å²) in [6, 6.07) is 8.11. The summed E-state index contributed by atoms with van der Waals surface area (Å²) < 4.78 is 43.1. The molecule has 0 unspecified atom stereocenters. The third-order valence-electron chi connectivity index (χ3n) is 4.01. The average molecular weight is 459 g/mol. The minimum absolute atomic E-state index is 0.0161. The van der Waals surface area contributed by atoms with Crippen LogP contribution in [0.1, 0.15) is 11.1 Å². The van der Waals surface area contributed by atoms with Gasteiger partial charge < -0.3 is 10.1 Å². The Hall–Kier alpha value is -2.78. The van der Waals surface area contributed by atoms with Crippen molar-refractivity contribution < 1.29 is 17.9 Å². The summed E-state index contributed by atoms with van der Waals surface area (Å²) >= 11 is 12.3. The SMILES string of the molecule is Cc1ccc(-n2ncc(NCc3cccnc3OCC(F)(F)F)c(Cl)c2=O)cc1Cl. The molecule has 0 saturated heterocycles. The highest BCUT2D eigenvalue weighted by atomic mass is 35.5. The van der Waals surface area contributed by atoms with E-state index in [1.54, 1.807) is 30.3 Å². The Balaban J connectivity index is 1.80. The normalized spacial score (nSPS) is 11.4. The maximum Gasteiger partial charge on any atom is 0.422 e. The minimum Gasteiger partial charge on any atom is -0.468 e. The molecule has 3 rings (SSSR count). The van der Waals surface area contributed by atoms with Crippen LogP contribution in [0.5, 0.6) is 5.88 Å². The molecule has 11 heteroatoms. The van der Waals surface area contributed by atoms with Gasteiger partial charge in [0.2, 0.25) is 5.88 Å². The molecule has 0 saturated carbocycles. The zero-order valence-corrected chi connectivity index (χ0v) is 17.0. The van der Waals surface area contributed by atoms with Crippen LogP contribution in [-0.2, 0) is 6.54 Å². The van der Waals surface area contributed by atoms with E-state index in [1.807, 2.05) is 6.92 Å². The standard InChI is InChI=1S/C19H15Cl2F3N4O2/c1-11-4-5-13(7-14(11)20)28-18(29)16(21)15(9-27-28)26-8-12-3-2-6-25-17(12)30-10-19(22,23)24/h2-7,9,26H,8,10H2,1H3. The number of pyridine rings is 1. The van der Waals surface area contributed by atoms with E-state index in [2.05, 4.69) is 15.4 Å². The van der Waals surface area contributed by atoms with Gasteiger partial charge in [0, 0.05) is 23.3 Å². The molecule has 0 bridgehead atoms. The number of nitrogens with one attached hydrogen (secondary N) is 1. The zero-order chi connectivity index (χ0) is 21.9. The van der Waals surface area contributed by atoms with Gasteiger partial charge in [0.05, 0.1) is 17.6 Å². The molecular weight excluding hydrogens is 444 g/mol. The molecule has 2 aromatic heterocycles. The van der Waals surface area contributed by atoms with Crippen molar-refractivity contribution in [2.24, 2.45) is 0 Å². The molecule has 2 heterocycles. The quantitative estimate of drug-likeness (QED) is 0.574. The Morgan fingerprint density at radius 3 is 2.70 bits per heavy atom. The Morgan fingerprint density at radius 1 is 1.23 bits per heavy atom. The zero-order valence-electron chi connectivity index (χ0n) is 15.5. The summed E-state index contributed by atoms with van der Waals surface area (Å²) in [5.74, 6) is -0.172. The summed E-state index contributed by atoms with van der Waals surface area (Å²) in [4.78, 5) is 16.4. The van der Waals surface area contributed by atoms with Crippen molar-refractivity contribution in [1.29, 1.82) is 0 Å². The topological polar surface area (TPSA) is 69.0 Å². The van der Waals surface area contributed by atoms with Crippen LogP contribution in [0.2, 0.25) is 10.0 Å². The van der Waals surface area contributed by atoms with Crippen LogP contribution in [0, 0.1) is 6.92 Å². The Morgan fingerprint density at radius 2 is 2.00 bits per heavy atom. The van der Waals surface area contributed by atoms with Crippen molar-refractivity contribution >= 4 is 28.9 Å². The fourth-order valence-electron chi connectivity index (χ4n) is 2.48. The van der Waals surface area contributed by atoms with E-state index in [0.29, 0.717) is 16.3 Å². The lowest BCUT2D eigenvalue weighted by atomic mass is 10.2. The number of anilines is 1. The maximum absolute atomic E-state index is 12.6. The summed E-state index contributed by atoms with van der Waals surface area (Å²) in [5.41, 5.74) is 1.27. The number of rotatable bonds is 6. The molecule has 0 atom stereocenters. The molecule has 158 valence electrons. The summed E-state index contributed by atoms with van der Waals surface area (Å²) in [6.07, 6.45) is -1.83. The second-order valence-corrected chi connectivity index (χ2v) is 7.03. The fourth-order valence-corrected chi connectivity index (χ4v) is 2.85. The lowest BCUT2D eigenvalue weighted by Crippen LogP contribution is -2.23. The van der Waals surface area contributed by atoms with Crippen LogP contribution >= 0.6 is 23.2 Å². The van der Waals surface area contributed by atoms with Crippen LogP contribution in [0.25, 0.3) is 5.69 Å². The molecule has 1 aromatic carbocycles. The van der Waals surface area contributed by atoms with Gasteiger partial charge in [-0.3, -0.25) is 4.79 Å². The van der Waals surface area contributed by atoms with Crippen LogP contribution in [0.3, 0.4) is 0 Å². The predicted octanol–water partition coefficient (Wildman–Crippen LogP) is 4.80. The Labute approximate surface area is 179 Å². The lowest BCUT2D eigenvalue weighted by Gasteiger charge is -2.14. The largest absolute Gasteiger partial charge is 0.468 e. The van der Waals surface area contributed by atoms with Crippen LogP contribution in [0.15, 0.2) is 47.5 Å². The van der Waals surface area contributed by atoms with Crippen molar-refractivity contribution in [1.82, 2.24) is 14.8 Å². The van der Waals surface area contributed by atoms with Gasteiger partial charge in [0.25, 0.3) is 5.56 Å². The van der Waals surface area contributed by atoms with Crippen LogP contribution in [0.4, 0.5) is 18.9 Å². The van der Waals surface area contributed by atoms with Crippen LogP contribution in [-0.4, -0.2) is 27.5 Å².